The fraction of sp³-hybridized carbons (Fsp3) is 0.462. The molecular weight excluding hydrogens is 230 g/mol. The second kappa shape index (κ2) is 7.25. The highest BCUT2D eigenvalue weighted by Gasteiger charge is 2.13. The van der Waals surface area contributed by atoms with Gasteiger partial charge in [-0.2, -0.15) is 0 Å². The highest BCUT2D eigenvalue weighted by atomic mass is 32.1. The number of nitrogens with zero attached hydrogens (tertiary/aromatic N) is 1. The van der Waals surface area contributed by atoms with Crippen molar-refractivity contribution < 1.29 is 0 Å². The molecule has 0 aliphatic heterocycles. The molecule has 3 nitrogen and oxygen atoms in total. The molecule has 0 bridgehead atoms. The van der Waals surface area contributed by atoms with Crippen LogP contribution in [0.3, 0.4) is 0 Å². The molecule has 0 radical (unpaired) electrons. The van der Waals surface area contributed by atoms with Crippen molar-refractivity contribution in [3.05, 3.63) is 35.9 Å². The van der Waals surface area contributed by atoms with Crippen LogP contribution in [-0.2, 0) is 0 Å². The minimum atomic E-state index is 0.327. The zero-order valence-corrected chi connectivity index (χ0v) is 11.6. The molecule has 2 N–H and O–H groups in total. The van der Waals surface area contributed by atoms with Crippen LogP contribution in [-0.4, -0.2) is 37.2 Å². The molecule has 17 heavy (non-hydrogen) atoms. The standard InChI is InChI=1S/C13H21N3S/c1-4-14-13(17)15-10-12(16(2)3)11-8-6-5-7-9-11/h5-9,12H,4,10H2,1-3H3,(H2,14,15,17)/t12-/m0/s1. The van der Waals surface area contributed by atoms with E-state index in [1.54, 1.807) is 0 Å². The first-order valence-corrected chi connectivity index (χ1v) is 6.29. The van der Waals surface area contributed by atoms with Gasteiger partial charge >= 0.3 is 0 Å². The van der Waals surface area contributed by atoms with Crippen molar-refractivity contribution >= 4 is 17.3 Å². The highest BCUT2D eigenvalue weighted by Crippen LogP contribution is 2.16. The Bertz CT molecular complexity index is 338. The van der Waals surface area contributed by atoms with Crippen LogP contribution < -0.4 is 10.6 Å². The minimum absolute atomic E-state index is 0.327. The van der Waals surface area contributed by atoms with E-state index in [4.69, 9.17) is 12.2 Å². The summed E-state index contributed by atoms with van der Waals surface area (Å²) < 4.78 is 0. The Labute approximate surface area is 109 Å². The summed E-state index contributed by atoms with van der Waals surface area (Å²) in [5, 5.41) is 7.05. The Morgan fingerprint density at radius 1 is 1.24 bits per heavy atom. The number of hydrogen-bond acceptors (Lipinski definition) is 2. The maximum absolute atomic E-state index is 5.17. The first kappa shape index (κ1) is 13.9. The van der Waals surface area contributed by atoms with Crippen molar-refractivity contribution in [2.75, 3.05) is 27.2 Å². The molecule has 0 aromatic heterocycles. The second-order valence-corrected chi connectivity index (χ2v) is 4.54. The number of hydrogen-bond donors (Lipinski definition) is 2. The molecule has 0 aliphatic rings. The van der Waals surface area contributed by atoms with E-state index in [1.165, 1.54) is 5.56 Å². The summed E-state index contributed by atoms with van der Waals surface area (Å²) >= 11 is 5.17. The van der Waals surface area contributed by atoms with Crippen LogP contribution >= 0.6 is 12.2 Å². The van der Waals surface area contributed by atoms with Gasteiger partial charge in [0.15, 0.2) is 5.11 Å². The molecule has 94 valence electrons. The van der Waals surface area contributed by atoms with Gasteiger partial charge in [-0.3, -0.25) is 0 Å². The summed E-state index contributed by atoms with van der Waals surface area (Å²) in [7, 11) is 4.16. The quantitative estimate of drug-likeness (QED) is 0.780. The van der Waals surface area contributed by atoms with E-state index in [0.717, 1.165) is 18.2 Å². The fourth-order valence-corrected chi connectivity index (χ4v) is 1.91. The van der Waals surface area contributed by atoms with E-state index in [-0.39, 0.29) is 0 Å². The summed E-state index contributed by atoms with van der Waals surface area (Å²) in [6.45, 7) is 3.70. The highest BCUT2D eigenvalue weighted by molar-refractivity contribution is 7.80. The second-order valence-electron chi connectivity index (χ2n) is 4.13. The lowest BCUT2D eigenvalue weighted by Crippen LogP contribution is -2.40. The Morgan fingerprint density at radius 3 is 2.41 bits per heavy atom. The van der Waals surface area contributed by atoms with Gasteiger partial charge in [0.1, 0.15) is 0 Å². The Kier molecular flexibility index (Phi) is 5.94. The van der Waals surface area contributed by atoms with E-state index >= 15 is 0 Å². The lowest BCUT2D eigenvalue weighted by molar-refractivity contribution is 0.298. The molecule has 0 heterocycles. The van der Waals surface area contributed by atoms with Gasteiger partial charge in [0.2, 0.25) is 0 Å². The maximum atomic E-state index is 5.17. The molecule has 0 amide bonds. The third kappa shape index (κ3) is 4.71. The van der Waals surface area contributed by atoms with Gasteiger partial charge in [-0.15, -0.1) is 0 Å². The number of rotatable bonds is 5. The van der Waals surface area contributed by atoms with Crippen LogP contribution in [0.25, 0.3) is 0 Å². The van der Waals surface area contributed by atoms with Crippen LogP contribution in [0.5, 0.6) is 0 Å². The number of likely N-dealkylation sites (N-methyl/N-ethyl adjacent to an activating group) is 1. The zero-order chi connectivity index (χ0) is 12.7. The monoisotopic (exact) mass is 251 g/mol. The Hall–Kier alpha value is -1.13. The molecule has 0 fully saturated rings. The summed E-state index contributed by atoms with van der Waals surface area (Å²) in [6, 6.07) is 10.8. The first-order valence-electron chi connectivity index (χ1n) is 5.88. The zero-order valence-electron chi connectivity index (χ0n) is 10.7. The molecule has 1 aromatic rings. The molecule has 0 aliphatic carbocycles. The van der Waals surface area contributed by atoms with Crippen LogP contribution in [0.1, 0.15) is 18.5 Å². The van der Waals surface area contributed by atoms with Crippen molar-refractivity contribution in [3.63, 3.8) is 0 Å². The van der Waals surface area contributed by atoms with Crippen LogP contribution in [0.2, 0.25) is 0 Å². The summed E-state index contributed by atoms with van der Waals surface area (Å²) in [5.41, 5.74) is 1.30. The van der Waals surface area contributed by atoms with Gasteiger partial charge in [0.05, 0.1) is 6.04 Å². The van der Waals surface area contributed by atoms with Crippen molar-refractivity contribution in [1.29, 1.82) is 0 Å². The number of benzene rings is 1. The minimum Gasteiger partial charge on any atom is -0.363 e. The fourth-order valence-electron chi connectivity index (χ4n) is 1.69. The Balaban J connectivity index is 2.59. The van der Waals surface area contributed by atoms with Crippen LogP contribution in [0.4, 0.5) is 0 Å². The van der Waals surface area contributed by atoms with Gasteiger partial charge in [-0.05, 0) is 38.8 Å². The number of nitrogens with one attached hydrogen (secondary N) is 2. The van der Waals surface area contributed by atoms with E-state index < -0.39 is 0 Å². The smallest absolute Gasteiger partial charge is 0.166 e. The Morgan fingerprint density at radius 2 is 1.88 bits per heavy atom. The molecule has 0 saturated heterocycles. The average molecular weight is 251 g/mol. The third-order valence-corrected chi connectivity index (χ3v) is 2.89. The first-order chi connectivity index (χ1) is 8.15. The summed E-state index contributed by atoms with van der Waals surface area (Å²) in [4.78, 5) is 2.19. The predicted octanol–water partition coefficient (Wildman–Crippen LogP) is 1.77. The van der Waals surface area contributed by atoms with Gasteiger partial charge in [0, 0.05) is 13.1 Å². The van der Waals surface area contributed by atoms with Crippen molar-refractivity contribution in [1.82, 2.24) is 15.5 Å². The molecule has 0 saturated carbocycles. The lowest BCUT2D eigenvalue weighted by atomic mass is 10.1. The number of thiocarbonyl (C=S) groups is 1. The van der Waals surface area contributed by atoms with E-state index in [1.807, 2.05) is 13.0 Å². The molecule has 1 rings (SSSR count). The average Bonchev–Trinajstić information content (AvgIpc) is 2.30. The molecule has 0 spiro atoms. The van der Waals surface area contributed by atoms with Gasteiger partial charge < -0.3 is 15.5 Å². The van der Waals surface area contributed by atoms with E-state index in [2.05, 4.69) is 53.9 Å². The lowest BCUT2D eigenvalue weighted by Gasteiger charge is -2.25. The molecule has 4 heteroatoms. The van der Waals surface area contributed by atoms with Gasteiger partial charge in [0.25, 0.3) is 0 Å². The molecule has 1 atom stereocenters. The topological polar surface area (TPSA) is 27.3 Å². The third-order valence-electron chi connectivity index (χ3n) is 2.60. The van der Waals surface area contributed by atoms with E-state index in [9.17, 15) is 0 Å². The SMILES string of the molecule is CCNC(=S)NC[C@@H](c1ccccc1)N(C)C. The molecular formula is C13H21N3S. The van der Waals surface area contributed by atoms with Crippen LogP contribution in [0, 0.1) is 0 Å². The molecule has 0 unspecified atom stereocenters. The summed E-state index contributed by atoms with van der Waals surface area (Å²) in [5.74, 6) is 0. The molecule has 1 aromatic carbocycles. The van der Waals surface area contributed by atoms with Crippen molar-refractivity contribution in [3.8, 4) is 0 Å². The largest absolute Gasteiger partial charge is 0.363 e. The van der Waals surface area contributed by atoms with Crippen molar-refractivity contribution in [2.45, 2.75) is 13.0 Å². The van der Waals surface area contributed by atoms with Gasteiger partial charge in [-0.1, -0.05) is 30.3 Å². The predicted molar refractivity (Wildman–Crippen MR) is 77.1 cm³/mol. The van der Waals surface area contributed by atoms with Gasteiger partial charge in [-0.25, -0.2) is 0 Å². The van der Waals surface area contributed by atoms with Crippen molar-refractivity contribution in [2.24, 2.45) is 0 Å². The maximum Gasteiger partial charge on any atom is 0.166 e. The normalized spacial score (nSPS) is 12.2. The van der Waals surface area contributed by atoms with Crippen LogP contribution in [0.15, 0.2) is 30.3 Å². The summed E-state index contributed by atoms with van der Waals surface area (Å²) in [6.07, 6.45) is 0. The van der Waals surface area contributed by atoms with E-state index in [0.29, 0.717) is 6.04 Å².